The van der Waals surface area contributed by atoms with Crippen molar-refractivity contribution in [1.82, 2.24) is 0 Å². The second-order valence-electron chi connectivity index (χ2n) is 8.02. The van der Waals surface area contributed by atoms with Crippen molar-refractivity contribution in [3.8, 4) is 11.5 Å². The molecule has 4 aliphatic carbocycles. The summed E-state index contributed by atoms with van der Waals surface area (Å²) in [5, 5.41) is 0. The minimum absolute atomic E-state index is 0.375. The quantitative estimate of drug-likeness (QED) is 0.702. The van der Waals surface area contributed by atoms with Gasteiger partial charge in [-0.15, -0.1) is 0 Å². The molecule has 0 spiro atoms. The maximum absolute atomic E-state index is 6.24. The summed E-state index contributed by atoms with van der Waals surface area (Å²) < 4.78 is 6.24. The molecule has 4 fully saturated rings. The molecule has 23 heavy (non-hydrogen) atoms. The number of benzene rings is 2. The largest absolute Gasteiger partial charge is 0.456 e. The van der Waals surface area contributed by atoms with Crippen LogP contribution < -0.4 is 4.74 Å². The van der Waals surface area contributed by atoms with E-state index in [0.717, 1.165) is 29.3 Å². The lowest BCUT2D eigenvalue weighted by Gasteiger charge is -2.57. The minimum atomic E-state index is 0.375. The molecule has 4 aliphatic rings. The predicted octanol–water partition coefficient (Wildman–Crippen LogP) is 5.75. The van der Waals surface area contributed by atoms with Crippen molar-refractivity contribution in [3.05, 3.63) is 60.2 Å². The molecule has 0 aromatic heterocycles. The van der Waals surface area contributed by atoms with Gasteiger partial charge in [0.1, 0.15) is 11.5 Å². The molecule has 4 bridgehead atoms. The van der Waals surface area contributed by atoms with Gasteiger partial charge in [-0.2, -0.15) is 0 Å². The van der Waals surface area contributed by atoms with Gasteiger partial charge in [-0.25, -0.2) is 0 Å². The first-order chi connectivity index (χ1) is 11.3. The highest BCUT2D eigenvalue weighted by Crippen LogP contribution is 2.61. The van der Waals surface area contributed by atoms with Crippen molar-refractivity contribution in [2.24, 2.45) is 17.8 Å². The van der Waals surface area contributed by atoms with Gasteiger partial charge >= 0.3 is 0 Å². The fraction of sp³-hybridized carbons (Fsp3) is 0.455. The molecule has 0 aliphatic heterocycles. The van der Waals surface area contributed by atoms with Gasteiger partial charge in [0, 0.05) is 11.6 Å². The molecule has 1 heteroatoms. The molecule has 2 aromatic carbocycles. The van der Waals surface area contributed by atoms with Gasteiger partial charge in [0.25, 0.3) is 0 Å². The van der Waals surface area contributed by atoms with Crippen LogP contribution in [0.3, 0.4) is 0 Å². The zero-order valence-corrected chi connectivity index (χ0v) is 13.5. The van der Waals surface area contributed by atoms with E-state index >= 15 is 0 Å². The summed E-state index contributed by atoms with van der Waals surface area (Å²) in [6.45, 7) is 0. The van der Waals surface area contributed by atoms with Crippen LogP contribution in [0.1, 0.15) is 44.1 Å². The number of hydrogen-bond donors (Lipinski definition) is 0. The zero-order chi connectivity index (χ0) is 15.3. The molecule has 1 nitrogen and oxygen atoms in total. The SMILES string of the molecule is [c]1ccccc1Oc1ccccc1C12CC3CC(CC(C3)C1)C2. The van der Waals surface area contributed by atoms with Gasteiger partial charge in [0.15, 0.2) is 0 Å². The third kappa shape index (κ3) is 2.29. The molecule has 0 unspecified atom stereocenters. The van der Waals surface area contributed by atoms with Crippen molar-refractivity contribution in [1.29, 1.82) is 0 Å². The lowest BCUT2D eigenvalue weighted by atomic mass is 9.48. The summed E-state index contributed by atoms with van der Waals surface area (Å²) in [4.78, 5) is 0. The summed E-state index contributed by atoms with van der Waals surface area (Å²) in [7, 11) is 0. The average Bonchev–Trinajstić information content (AvgIpc) is 2.55. The number of para-hydroxylation sites is 2. The normalized spacial score (nSPS) is 34.5. The molecule has 117 valence electrons. The lowest BCUT2D eigenvalue weighted by molar-refractivity contribution is -0.00598. The Morgan fingerprint density at radius 2 is 1.48 bits per heavy atom. The molecular weight excluding hydrogens is 280 g/mol. The molecule has 1 radical (unpaired) electrons. The van der Waals surface area contributed by atoms with Crippen LogP contribution >= 0.6 is 0 Å². The zero-order valence-electron chi connectivity index (χ0n) is 13.5. The molecule has 0 heterocycles. The standard InChI is InChI=1S/C22H23O/c1-2-6-19(7-3-1)23-21-9-5-4-8-20(21)22-13-16-10-17(14-22)12-18(11-16)15-22/h1-6,8-9,16-18H,10-15H2. The highest BCUT2D eigenvalue weighted by atomic mass is 16.5. The van der Waals surface area contributed by atoms with Gasteiger partial charge < -0.3 is 4.74 Å². The third-order valence-corrected chi connectivity index (χ3v) is 6.40. The Bertz CT molecular complexity index is 668. The Kier molecular flexibility index (Phi) is 3.04. The van der Waals surface area contributed by atoms with E-state index in [1.807, 2.05) is 24.3 Å². The maximum Gasteiger partial charge on any atom is 0.135 e. The van der Waals surface area contributed by atoms with E-state index in [-0.39, 0.29) is 0 Å². The first-order valence-corrected chi connectivity index (χ1v) is 9.05. The first-order valence-electron chi connectivity index (χ1n) is 9.05. The molecule has 0 amide bonds. The average molecular weight is 303 g/mol. The molecular formula is C22H23O. The predicted molar refractivity (Wildman–Crippen MR) is 91.6 cm³/mol. The van der Waals surface area contributed by atoms with Crippen LogP contribution in [0.25, 0.3) is 0 Å². The molecule has 6 rings (SSSR count). The van der Waals surface area contributed by atoms with E-state index in [1.54, 1.807) is 0 Å². The van der Waals surface area contributed by atoms with Crippen molar-refractivity contribution < 1.29 is 4.74 Å². The maximum atomic E-state index is 6.24. The van der Waals surface area contributed by atoms with Crippen LogP contribution in [0.5, 0.6) is 11.5 Å². The Hall–Kier alpha value is -1.76. The van der Waals surface area contributed by atoms with Gasteiger partial charge in [-0.05, 0) is 73.8 Å². The molecule has 2 aromatic rings. The molecule has 0 atom stereocenters. The second kappa shape index (κ2) is 5.12. The fourth-order valence-corrected chi connectivity index (χ4v) is 5.99. The summed E-state index contributed by atoms with van der Waals surface area (Å²) in [5.41, 5.74) is 1.83. The van der Waals surface area contributed by atoms with Crippen LogP contribution in [-0.2, 0) is 5.41 Å². The summed E-state index contributed by atoms with van der Waals surface area (Å²) in [5.74, 6) is 4.74. The van der Waals surface area contributed by atoms with E-state index in [9.17, 15) is 0 Å². The van der Waals surface area contributed by atoms with E-state index in [2.05, 4.69) is 30.3 Å². The van der Waals surface area contributed by atoms with Crippen molar-refractivity contribution in [2.45, 2.75) is 43.9 Å². The highest BCUT2D eigenvalue weighted by Gasteiger charge is 2.52. The van der Waals surface area contributed by atoms with Gasteiger partial charge in [-0.3, -0.25) is 0 Å². The molecule has 4 saturated carbocycles. The van der Waals surface area contributed by atoms with E-state index in [4.69, 9.17) is 4.74 Å². The number of ether oxygens (including phenoxy) is 1. The van der Waals surface area contributed by atoms with Crippen molar-refractivity contribution >= 4 is 0 Å². The van der Waals surface area contributed by atoms with Crippen LogP contribution in [0.15, 0.2) is 48.5 Å². The Balaban J connectivity index is 1.54. The number of rotatable bonds is 3. The smallest absolute Gasteiger partial charge is 0.135 e. The first kappa shape index (κ1) is 13.7. The van der Waals surface area contributed by atoms with Crippen molar-refractivity contribution in [3.63, 3.8) is 0 Å². The second-order valence-corrected chi connectivity index (χ2v) is 8.02. The minimum Gasteiger partial charge on any atom is -0.456 e. The highest BCUT2D eigenvalue weighted by molar-refractivity contribution is 5.43. The summed E-state index contributed by atoms with van der Waals surface area (Å²) >= 11 is 0. The number of hydrogen-bond acceptors (Lipinski definition) is 1. The fourth-order valence-electron chi connectivity index (χ4n) is 5.99. The molecule has 0 saturated heterocycles. The lowest BCUT2D eigenvalue weighted by Crippen LogP contribution is -2.48. The van der Waals surface area contributed by atoms with Crippen LogP contribution in [0.2, 0.25) is 0 Å². The van der Waals surface area contributed by atoms with Crippen LogP contribution in [-0.4, -0.2) is 0 Å². The van der Waals surface area contributed by atoms with Gasteiger partial charge in [0.05, 0.1) is 0 Å². The third-order valence-electron chi connectivity index (χ3n) is 6.40. The van der Waals surface area contributed by atoms with E-state index in [0.29, 0.717) is 5.41 Å². The van der Waals surface area contributed by atoms with Crippen LogP contribution in [0, 0.1) is 23.8 Å². The Morgan fingerprint density at radius 1 is 0.826 bits per heavy atom. The Morgan fingerprint density at radius 3 is 2.13 bits per heavy atom. The molecule has 0 N–H and O–H groups in total. The van der Waals surface area contributed by atoms with E-state index < -0.39 is 0 Å². The van der Waals surface area contributed by atoms with Gasteiger partial charge in [-0.1, -0.05) is 36.4 Å². The van der Waals surface area contributed by atoms with E-state index in [1.165, 1.54) is 44.1 Å². The summed E-state index contributed by atoms with van der Waals surface area (Å²) in [6, 6.07) is 19.9. The van der Waals surface area contributed by atoms with Gasteiger partial charge in [0.2, 0.25) is 0 Å². The van der Waals surface area contributed by atoms with Crippen LogP contribution in [0.4, 0.5) is 0 Å². The summed E-state index contributed by atoms with van der Waals surface area (Å²) in [6.07, 6.45) is 8.56. The monoisotopic (exact) mass is 303 g/mol. The van der Waals surface area contributed by atoms with Crippen molar-refractivity contribution in [2.75, 3.05) is 0 Å². The Labute approximate surface area is 138 Å². The topological polar surface area (TPSA) is 9.23 Å².